The zero-order valence-electron chi connectivity index (χ0n) is 13.8. The molecule has 0 radical (unpaired) electrons. The van der Waals surface area contributed by atoms with E-state index >= 15 is 0 Å². The quantitative estimate of drug-likeness (QED) is 0.628. The van der Waals surface area contributed by atoms with Crippen LogP contribution in [0.2, 0.25) is 0 Å². The standard InChI is InChI=1S/C16H19N3O5/c1-15(2,3)24-14(21)18-7-6-16(9-18)11-5-4-10(19(22)23)8-12(11)17-13(16)20/h4-5,8H,6-7,9H2,1-3H3,(H,17,20). The molecule has 8 nitrogen and oxygen atoms in total. The Hall–Kier alpha value is -2.64. The summed E-state index contributed by atoms with van der Waals surface area (Å²) in [5.41, 5.74) is -0.400. The number of nitrogens with one attached hydrogen (secondary N) is 1. The summed E-state index contributed by atoms with van der Waals surface area (Å²) in [5.74, 6) is -0.232. The number of likely N-dealkylation sites (tertiary alicyclic amines) is 1. The van der Waals surface area contributed by atoms with Crippen LogP contribution in [-0.2, 0) is 14.9 Å². The van der Waals surface area contributed by atoms with Crippen LogP contribution in [0.3, 0.4) is 0 Å². The van der Waals surface area contributed by atoms with Gasteiger partial charge in [0, 0.05) is 25.2 Å². The molecule has 2 aliphatic heterocycles. The highest BCUT2D eigenvalue weighted by Gasteiger charge is 2.52. The fourth-order valence-corrected chi connectivity index (χ4v) is 3.23. The van der Waals surface area contributed by atoms with Crippen LogP contribution in [-0.4, -0.2) is 40.5 Å². The first kappa shape index (κ1) is 16.2. The number of anilines is 1. The number of rotatable bonds is 1. The van der Waals surface area contributed by atoms with E-state index in [0.717, 1.165) is 0 Å². The molecule has 1 saturated heterocycles. The number of carbonyl (C=O) groups excluding carboxylic acids is 2. The molecule has 1 spiro atoms. The number of nitrogens with zero attached hydrogens (tertiary/aromatic N) is 2. The molecule has 1 atom stereocenters. The molecule has 8 heteroatoms. The molecule has 0 aliphatic carbocycles. The van der Waals surface area contributed by atoms with Gasteiger partial charge in [-0.1, -0.05) is 0 Å². The largest absolute Gasteiger partial charge is 0.444 e. The number of benzene rings is 1. The molecule has 24 heavy (non-hydrogen) atoms. The maximum absolute atomic E-state index is 12.5. The SMILES string of the molecule is CC(C)(C)OC(=O)N1CCC2(C1)C(=O)Nc1cc([N+](=O)[O-])ccc12. The van der Waals surface area contributed by atoms with Crippen LogP contribution in [0.15, 0.2) is 18.2 Å². The van der Waals surface area contributed by atoms with Crippen LogP contribution < -0.4 is 5.32 Å². The Balaban J connectivity index is 1.87. The molecule has 0 saturated carbocycles. The Labute approximate surface area is 138 Å². The summed E-state index contributed by atoms with van der Waals surface area (Å²) in [6.07, 6.45) is 0.00521. The summed E-state index contributed by atoms with van der Waals surface area (Å²) < 4.78 is 5.36. The minimum Gasteiger partial charge on any atom is -0.444 e. The maximum atomic E-state index is 12.5. The fraction of sp³-hybridized carbons (Fsp3) is 0.500. The predicted molar refractivity (Wildman–Crippen MR) is 85.8 cm³/mol. The predicted octanol–water partition coefficient (Wildman–Crippen LogP) is 2.43. The van der Waals surface area contributed by atoms with Crippen molar-refractivity contribution in [3.8, 4) is 0 Å². The molecule has 128 valence electrons. The zero-order valence-corrected chi connectivity index (χ0v) is 13.8. The third-order valence-electron chi connectivity index (χ3n) is 4.33. The van der Waals surface area contributed by atoms with E-state index in [1.54, 1.807) is 26.8 Å². The third kappa shape index (κ3) is 2.57. The van der Waals surface area contributed by atoms with Gasteiger partial charge in [0.1, 0.15) is 5.60 Å². The highest BCUT2D eigenvalue weighted by molar-refractivity contribution is 6.07. The van der Waals surface area contributed by atoms with Crippen LogP contribution in [0, 0.1) is 10.1 Å². The van der Waals surface area contributed by atoms with Crippen LogP contribution >= 0.6 is 0 Å². The number of amides is 2. The van der Waals surface area contributed by atoms with Gasteiger partial charge in [0.2, 0.25) is 5.91 Å². The molecular formula is C16H19N3O5. The van der Waals surface area contributed by atoms with Gasteiger partial charge in [-0.2, -0.15) is 0 Å². The number of nitro groups is 1. The molecule has 1 N–H and O–H groups in total. The number of hydrogen-bond acceptors (Lipinski definition) is 5. The number of nitro benzene ring substituents is 1. The maximum Gasteiger partial charge on any atom is 0.410 e. The Bertz CT molecular complexity index is 740. The lowest BCUT2D eigenvalue weighted by molar-refractivity contribution is -0.384. The van der Waals surface area contributed by atoms with Crippen molar-refractivity contribution in [2.24, 2.45) is 0 Å². The molecule has 1 aromatic rings. The molecule has 1 aromatic carbocycles. The van der Waals surface area contributed by atoms with Crippen LogP contribution in [0.25, 0.3) is 0 Å². The van der Waals surface area contributed by atoms with E-state index in [-0.39, 0.29) is 18.1 Å². The van der Waals surface area contributed by atoms with Gasteiger partial charge in [0.15, 0.2) is 0 Å². The third-order valence-corrected chi connectivity index (χ3v) is 4.33. The van der Waals surface area contributed by atoms with E-state index in [1.807, 2.05) is 0 Å². The van der Waals surface area contributed by atoms with Crippen molar-refractivity contribution in [2.75, 3.05) is 18.4 Å². The second-order valence-corrected chi connectivity index (χ2v) is 7.18. The monoisotopic (exact) mass is 333 g/mol. The Morgan fingerprint density at radius 1 is 1.42 bits per heavy atom. The molecule has 3 rings (SSSR count). The Morgan fingerprint density at radius 3 is 2.75 bits per heavy atom. The van der Waals surface area contributed by atoms with Crippen LogP contribution in [0.1, 0.15) is 32.8 Å². The number of hydrogen-bond donors (Lipinski definition) is 1. The minimum atomic E-state index is -0.860. The Morgan fingerprint density at radius 2 is 2.12 bits per heavy atom. The first-order valence-electron chi connectivity index (χ1n) is 7.71. The topological polar surface area (TPSA) is 102 Å². The number of ether oxygens (including phenoxy) is 1. The summed E-state index contributed by atoms with van der Waals surface area (Å²) in [4.78, 5) is 36.7. The highest BCUT2D eigenvalue weighted by Crippen LogP contribution is 2.45. The van der Waals surface area contributed by atoms with Crippen LogP contribution in [0.5, 0.6) is 0 Å². The number of fused-ring (bicyclic) bond motifs is 2. The summed E-state index contributed by atoms with van der Waals surface area (Å²) in [6, 6.07) is 4.35. The van der Waals surface area contributed by atoms with Gasteiger partial charge < -0.3 is 15.0 Å². The molecule has 1 fully saturated rings. The number of non-ortho nitro benzene ring substituents is 1. The molecule has 1 unspecified atom stereocenters. The average molecular weight is 333 g/mol. The zero-order chi connectivity index (χ0) is 17.7. The van der Waals surface area contributed by atoms with Gasteiger partial charge in [-0.25, -0.2) is 4.79 Å². The van der Waals surface area contributed by atoms with Crippen molar-refractivity contribution in [3.63, 3.8) is 0 Å². The van der Waals surface area contributed by atoms with E-state index in [2.05, 4.69) is 5.32 Å². The Kier molecular flexibility index (Phi) is 3.51. The van der Waals surface area contributed by atoms with Crippen molar-refractivity contribution in [1.82, 2.24) is 4.90 Å². The first-order chi connectivity index (χ1) is 11.1. The average Bonchev–Trinajstić information content (AvgIpc) is 3.01. The van der Waals surface area contributed by atoms with Gasteiger partial charge >= 0.3 is 6.09 Å². The van der Waals surface area contributed by atoms with Crippen molar-refractivity contribution in [3.05, 3.63) is 33.9 Å². The second-order valence-electron chi connectivity index (χ2n) is 7.18. The smallest absolute Gasteiger partial charge is 0.410 e. The van der Waals surface area contributed by atoms with Gasteiger partial charge in [-0.3, -0.25) is 14.9 Å². The summed E-state index contributed by atoms with van der Waals surface area (Å²) >= 11 is 0. The lowest BCUT2D eigenvalue weighted by Crippen LogP contribution is -2.41. The van der Waals surface area contributed by atoms with Gasteiger partial charge in [-0.05, 0) is 38.8 Å². The summed E-state index contributed by atoms with van der Waals surface area (Å²) in [5, 5.41) is 13.6. The summed E-state index contributed by atoms with van der Waals surface area (Å²) in [6.45, 7) is 5.96. The van der Waals surface area contributed by atoms with Crippen molar-refractivity contribution < 1.29 is 19.2 Å². The van der Waals surface area contributed by atoms with Crippen molar-refractivity contribution >= 4 is 23.4 Å². The van der Waals surface area contributed by atoms with Crippen molar-refractivity contribution in [2.45, 2.75) is 38.2 Å². The van der Waals surface area contributed by atoms with Crippen molar-refractivity contribution in [1.29, 1.82) is 0 Å². The normalized spacial score (nSPS) is 22.5. The lowest BCUT2D eigenvalue weighted by Gasteiger charge is -2.26. The van der Waals surface area contributed by atoms with E-state index in [1.165, 1.54) is 17.0 Å². The second kappa shape index (κ2) is 5.19. The van der Waals surface area contributed by atoms with E-state index in [9.17, 15) is 19.7 Å². The van der Waals surface area contributed by atoms with Gasteiger partial charge in [-0.15, -0.1) is 0 Å². The van der Waals surface area contributed by atoms with Gasteiger partial charge in [0.05, 0.1) is 16.0 Å². The van der Waals surface area contributed by atoms with E-state index in [0.29, 0.717) is 24.2 Å². The fourth-order valence-electron chi connectivity index (χ4n) is 3.23. The molecule has 2 heterocycles. The number of carbonyl (C=O) groups is 2. The minimum absolute atomic E-state index is 0.0758. The highest BCUT2D eigenvalue weighted by atomic mass is 16.6. The van der Waals surface area contributed by atoms with Crippen LogP contribution in [0.4, 0.5) is 16.2 Å². The van der Waals surface area contributed by atoms with E-state index in [4.69, 9.17) is 4.74 Å². The lowest BCUT2D eigenvalue weighted by atomic mass is 9.81. The first-order valence-corrected chi connectivity index (χ1v) is 7.71. The molecular weight excluding hydrogens is 314 g/mol. The van der Waals surface area contributed by atoms with Gasteiger partial charge in [0.25, 0.3) is 5.69 Å². The summed E-state index contributed by atoms with van der Waals surface area (Å²) in [7, 11) is 0. The van der Waals surface area contributed by atoms with E-state index < -0.39 is 22.0 Å². The molecule has 2 amide bonds. The molecule has 0 aromatic heterocycles. The molecule has 0 bridgehead atoms. The molecule has 2 aliphatic rings.